The average Bonchev–Trinajstić information content (AvgIpc) is 2.45. The van der Waals surface area contributed by atoms with E-state index in [0.717, 1.165) is 30.8 Å². The van der Waals surface area contributed by atoms with Crippen molar-refractivity contribution in [2.75, 3.05) is 12.0 Å². The molecule has 21 heavy (non-hydrogen) atoms. The number of amides is 1. The van der Waals surface area contributed by atoms with Crippen LogP contribution in [0, 0.1) is 0 Å². The number of benzene rings is 1. The highest BCUT2D eigenvalue weighted by molar-refractivity contribution is 5.96. The molecule has 1 aliphatic heterocycles. The number of ether oxygens (including phenoxy) is 1. The molecule has 5 heteroatoms. The summed E-state index contributed by atoms with van der Waals surface area (Å²) >= 11 is 0. The Hall–Kier alpha value is -2.04. The maximum atomic E-state index is 12.2. The van der Waals surface area contributed by atoms with Crippen molar-refractivity contribution in [3.63, 3.8) is 0 Å². The second kappa shape index (κ2) is 6.61. The van der Waals surface area contributed by atoms with Gasteiger partial charge in [-0.3, -0.25) is 10.3 Å². The molecule has 1 heterocycles. The van der Waals surface area contributed by atoms with E-state index in [9.17, 15) is 4.79 Å². The number of nitrogens with zero attached hydrogens (tertiary/aromatic N) is 2. The van der Waals surface area contributed by atoms with Gasteiger partial charge in [-0.2, -0.15) is 5.10 Å². The fourth-order valence-corrected chi connectivity index (χ4v) is 2.09. The van der Waals surface area contributed by atoms with Crippen molar-refractivity contribution in [1.82, 2.24) is 4.90 Å². The molecule has 114 valence electrons. The first-order valence-corrected chi connectivity index (χ1v) is 7.34. The minimum absolute atomic E-state index is 0.323. The van der Waals surface area contributed by atoms with Gasteiger partial charge < -0.3 is 4.74 Å². The predicted octanol–water partition coefficient (Wildman–Crippen LogP) is 3.83. The molecule has 0 unspecified atom stereocenters. The average molecular weight is 289 g/mol. The molecule has 0 atom stereocenters. The van der Waals surface area contributed by atoms with Gasteiger partial charge in [-0.25, -0.2) is 4.79 Å². The summed E-state index contributed by atoms with van der Waals surface area (Å²) in [7, 11) is 0. The summed E-state index contributed by atoms with van der Waals surface area (Å²) in [6.07, 6.45) is 2.47. The van der Waals surface area contributed by atoms with Crippen LogP contribution in [0.1, 0.15) is 40.0 Å². The maximum Gasteiger partial charge on any atom is 0.415 e. The number of para-hydroxylation sites is 1. The first-order chi connectivity index (χ1) is 9.96. The molecule has 2 rings (SSSR count). The number of hydrogen-bond acceptors (Lipinski definition) is 4. The summed E-state index contributed by atoms with van der Waals surface area (Å²) in [5.74, 6) is 0.736. The lowest BCUT2D eigenvalue weighted by molar-refractivity contribution is 0.0354. The maximum absolute atomic E-state index is 12.2. The number of anilines is 1. The van der Waals surface area contributed by atoms with E-state index in [1.807, 2.05) is 51.1 Å². The SMILES string of the molecule is CC(C)(C)OC(=O)N1CCCCC1=NNc1ccccc1. The summed E-state index contributed by atoms with van der Waals surface area (Å²) in [6, 6.07) is 9.70. The van der Waals surface area contributed by atoms with Crippen LogP contribution in [-0.4, -0.2) is 29.0 Å². The van der Waals surface area contributed by atoms with Crippen LogP contribution in [0.5, 0.6) is 0 Å². The van der Waals surface area contributed by atoms with Gasteiger partial charge in [-0.1, -0.05) is 18.2 Å². The van der Waals surface area contributed by atoms with E-state index in [4.69, 9.17) is 4.74 Å². The number of amidine groups is 1. The van der Waals surface area contributed by atoms with Crippen LogP contribution in [0.2, 0.25) is 0 Å². The molecular weight excluding hydrogens is 266 g/mol. The number of piperidine rings is 1. The lowest BCUT2D eigenvalue weighted by atomic mass is 10.1. The Morgan fingerprint density at radius 2 is 1.95 bits per heavy atom. The van der Waals surface area contributed by atoms with Crippen molar-refractivity contribution in [2.45, 2.75) is 45.6 Å². The van der Waals surface area contributed by atoms with E-state index in [1.165, 1.54) is 0 Å². The van der Waals surface area contributed by atoms with Gasteiger partial charge in [-0.05, 0) is 45.7 Å². The third-order valence-electron chi connectivity index (χ3n) is 3.05. The fourth-order valence-electron chi connectivity index (χ4n) is 2.09. The minimum Gasteiger partial charge on any atom is -0.443 e. The van der Waals surface area contributed by atoms with Crippen molar-refractivity contribution in [3.05, 3.63) is 30.3 Å². The molecule has 1 N–H and O–H groups in total. The van der Waals surface area contributed by atoms with Crippen molar-refractivity contribution in [1.29, 1.82) is 0 Å². The summed E-state index contributed by atoms with van der Waals surface area (Å²) in [4.78, 5) is 13.9. The Labute approximate surface area is 126 Å². The van der Waals surface area contributed by atoms with E-state index in [1.54, 1.807) is 4.90 Å². The molecule has 1 amide bonds. The zero-order valence-electron chi connectivity index (χ0n) is 12.9. The van der Waals surface area contributed by atoms with Gasteiger partial charge in [0.05, 0.1) is 5.69 Å². The van der Waals surface area contributed by atoms with E-state index in [2.05, 4.69) is 10.5 Å². The molecule has 1 saturated heterocycles. The molecule has 1 aliphatic rings. The number of hydrazone groups is 1. The number of carbonyl (C=O) groups is 1. The second-order valence-corrected chi connectivity index (χ2v) is 6.09. The third-order valence-corrected chi connectivity index (χ3v) is 3.05. The number of hydrogen-bond donors (Lipinski definition) is 1. The summed E-state index contributed by atoms with van der Waals surface area (Å²) in [5.41, 5.74) is 3.41. The molecule has 1 aromatic rings. The van der Waals surface area contributed by atoms with Gasteiger partial charge >= 0.3 is 6.09 Å². The van der Waals surface area contributed by atoms with Crippen LogP contribution >= 0.6 is 0 Å². The largest absolute Gasteiger partial charge is 0.443 e. The summed E-state index contributed by atoms with van der Waals surface area (Å²) in [6.45, 7) is 6.26. The van der Waals surface area contributed by atoms with E-state index in [-0.39, 0.29) is 6.09 Å². The van der Waals surface area contributed by atoms with E-state index < -0.39 is 5.60 Å². The molecule has 0 aromatic heterocycles. The van der Waals surface area contributed by atoms with E-state index in [0.29, 0.717) is 6.54 Å². The zero-order valence-corrected chi connectivity index (χ0v) is 12.9. The van der Waals surface area contributed by atoms with Gasteiger partial charge in [0, 0.05) is 13.0 Å². The number of likely N-dealkylation sites (tertiary alicyclic amines) is 1. The molecule has 0 spiro atoms. The topological polar surface area (TPSA) is 53.9 Å². The van der Waals surface area contributed by atoms with Crippen LogP contribution in [0.15, 0.2) is 35.4 Å². The first kappa shape index (κ1) is 15.4. The zero-order chi connectivity index (χ0) is 15.3. The summed E-state index contributed by atoms with van der Waals surface area (Å²) < 4.78 is 5.44. The number of nitrogens with one attached hydrogen (secondary N) is 1. The van der Waals surface area contributed by atoms with Crippen LogP contribution < -0.4 is 5.43 Å². The van der Waals surface area contributed by atoms with Gasteiger partial charge in [-0.15, -0.1) is 0 Å². The van der Waals surface area contributed by atoms with Crippen LogP contribution in [0.3, 0.4) is 0 Å². The lowest BCUT2D eigenvalue weighted by Crippen LogP contribution is -2.43. The Morgan fingerprint density at radius 3 is 2.62 bits per heavy atom. The van der Waals surface area contributed by atoms with Gasteiger partial charge in [0.25, 0.3) is 0 Å². The smallest absolute Gasteiger partial charge is 0.415 e. The molecular formula is C16H23N3O2. The molecule has 0 aliphatic carbocycles. The van der Waals surface area contributed by atoms with E-state index >= 15 is 0 Å². The number of rotatable bonds is 2. The van der Waals surface area contributed by atoms with Crippen molar-refractivity contribution >= 4 is 17.6 Å². The van der Waals surface area contributed by atoms with Crippen LogP contribution in [0.25, 0.3) is 0 Å². The Morgan fingerprint density at radius 1 is 1.24 bits per heavy atom. The normalized spacial score (nSPS) is 17.7. The summed E-state index contributed by atoms with van der Waals surface area (Å²) in [5, 5.41) is 4.38. The van der Waals surface area contributed by atoms with Crippen molar-refractivity contribution < 1.29 is 9.53 Å². The third kappa shape index (κ3) is 4.77. The Kier molecular flexibility index (Phi) is 4.83. The molecule has 0 radical (unpaired) electrons. The highest BCUT2D eigenvalue weighted by atomic mass is 16.6. The van der Waals surface area contributed by atoms with Gasteiger partial charge in [0.1, 0.15) is 11.4 Å². The highest BCUT2D eigenvalue weighted by Gasteiger charge is 2.27. The van der Waals surface area contributed by atoms with Crippen molar-refractivity contribution in [2.24, 2.45) is 5.10 Å². The predicted molar refractivity (Wildman–Crippen MR) is 84.3 cm³/mol. The molecule has 1 aromatic carbocycles. The minimum atomic E-state index is -0.494. The first-order valence-electron chi connectivity index (χ1n) is 7.34. The standard InChI is InChI=1S/C16H23N3O2/c1-16(2,3)21-15(20)19-12-8-7-11-14(19)18-17-13-9-5-4-6-10-13/h4-6,9-10,17H,7-8,11-12H2,1-3H3. The molecule has 0 saturated carbocycles. The fraction of sp³-hybridized carbons (Fsp3) is 0.500. The van der Waals surface area contributed by atoms with Crippen molar-refractivity contribution in [3.8, 4) is 0 Å². The quantitative estimate of drug-likeness (QED) is 0.842. The van der Waals surface area contributed by atoms with Gasteiger partial charge in [0.2, 0.25) is 0 Å². The Bertz CT molecular complexity index is 506. The monoisotopic (exact) mass is 289 g/mol. The van der Waals surface area contributed by atoms with Crippen LogP contribution in [0.4, 0.5) is 10.5 Å². The van der Waals surface area contributed by atoms with Gasteiger partial charge in [0.15, 0.2) is 0 Å². The second-order valence-electron chi connectivity index (χ2n) is 6.09. The lowest BCUT2D eigenvalue weighted by Gasteiger charge is -2.30. The number of carbonyl (C=O) groups excluding carboxylic acids is 1. The Balaban J connectivity index is 2.06. The molecule has 0 bridgehead atoms. The molecule has 1 fully saturated rings. The highest BCUT2D eigenvalue weighted by Crippen LogP contribution is 2.17. The van der Waals surface area contributed by atoms with Crippen LogP contribution in [-0.2, 0) is 4.74 Å². The molecule has 5 nitrogen and oxygen atoms in total.